The molecule has 0 bridgehead atoms. The Hall–Kier alpha value is -1.79. The topological polar surface area (TPSA) is 84.7 Å². The first-order valence-corrected chi connectivity index (χ1v) is 6.64. The maximum Gasteiger partial charge on any atom is 0.248 e. The van der Waals surface area contributed by atoms with Crippen molar-refractivity contribution in [3.63, 3.8) is 0 Å². The van der Waals surface area contributed by atoms with Crippen LogP contribution in [-0.4, -0.2) is 43.0 Å². The van der Waals surface area contributed by atoms with Gasteiger partial charge in [-0.2, -0.15) is 0 Å². The molecule has 1 heterocycles. The van der Waals surface area contributed by atoms with Gasteiger partial charge in [-0.1, -0.05) is 11.6 Å². The summed E-state index contributed by atoms with van der Waals surface area (Å²) in [5.41, 5.74) is 6.65. The molecule has 0 radical (unpaired) electrons. The number of nitrogens with zero attached hydrogens (tertiary/aromatic N) is 1. The van der Waals surface area contributed by atoms with Gasteiger partial charge in [0.15, 0.2) is 0 Å². The summed E-state index contributed by atoms with van der Waals surface area (Å²) in [6.45, 7) is 1.52. The van der Waals surface area contributed by atoms with Gasteiger partial charge in [0.1, 0.15) is 6.61 Å². The van der Waals surface area contributed by atoms with Gasteiger partial charge in [0.2, 0.25) is 11.8 Å². The van der Waals surface area contributed by atoms with Crippen molar-refractivity contribution >= 4 is 34.8 Å². The SMILES string of the molecule is Nc1cc(NC(=O)CCN2CCOCC2=O)ccc1Cl. The van der Waals surface area contributed by atoms with E-state index in [1.54, 1.807) is 23.1 Å². The number of nitrogens with two attached hydrogens (primary N) is 1. The average molecular weight is 298 g/mol. The molecule has 0 aliphatic carbocycles. The molecular formula is C13H16ClN3O3. The summed E-state index contributed by atoms with van der Waals surface area (Å²) in [4.78, 5) is 24.9. The zero-order valence-electron chi connectivity index (χ0n) is 10.9. The summed E-state index contributed by atoms with van der Waals surface area (Å²) >= 11 is 5.80. The van der Waals surface area contributed by atoms with Crippen molar-refractivity contribution in [1.82, 2.24) is 4.90 Å². The van der Waals surface area contributed by atoms with E-state index in [4.69, 9.17) is 22.1 Å². The maximum absolute atomic E-state index is 11.8. The molecule has 2 rings (SSSR count). The first-order valence-electron chi connectivity index (χ1n) is 6.26. The molecule has 1 aliphatic heterocycles. The lowest BCUT2D eigenvalue weighted by Crippen LogP contribution is -2.42. The van der Waals surface area contributed by atoms with Crippen LogP contribution < -0.4 is 11.1 Å². The summed E-state index contributed by atoms with van der Waals surface area (Å²) in [6, 6.07) is 4.90. The van der Waals surface area contributed by atoms with Crippen LogP contribution >= 0.6 is 11.6 Å². The zero-order valence-corrected chi connectivity index (χ0v) is 11.7. The van der Waals surface area contributed by atoms with E-state index >= 15 is 0 Å². The number of halogens is 1. The van der Waals surface area contributed by atoms with E-state index < -0.39 is 0 Å². The second kappa shape index (κ2) is 6.58. The van der Waals surface area contributed by atoms with E-state index in [-0.39, 0.29) is 24.8 Å². The smallest absolute Gasteiger partial charge is 0.248 e. The van der Waals surface area contributed by atoms with Crippen molar-refractivity contribution in [3.8, 4) is 0 Å². The highest BCUT2D eigenvalue weighted by molar-refractivity contribution is 6.33. The van der Waals surface area contributed by atoms with Gasteiger partial charge in [-0.3, -0.25) is 9.59 Å². The number of rotatable bonds is 4. The van der Waals surface area contributed by atoms with Gasteiger partial charge < -0.3 is 20.7 Å². The molecule has 1 aromatic carbocycles. The van der Waals surface area contributed by atoms with Crippen LogP contribution in [0, 0.1) is 0 Å². The first kappa shape index (κ1) is 14.6. The largest absolute Gasteiger partial charge is 0.397 e. The summed E-state index contributed by atoms with van der Waals surface area (Å²) < 4.78 is 5.02. The standard InChI is InChI=1S/C13H16ClN3O3/c14-10-2-1-9(7-11(10)15)16-12(18)3-4-17-5-6-20-8-13(17)19/h1-2,7H,3-6,8,15H2,(H,16,18). The van der Waals surface area contributed by atoms with E-state index in [1.165, 1.54) is 0 Å². The number of amides is 2. The molecule has 0 aromatic heterocycles. The lowest BCUT2D eigenvalue weighted by Gasteiger charge is -2.26. The van der Waals surface area contributed by atoms with E-state index in [0.29, 0.717) is 36.1 Å². The van der Waals surface area contributed by atoms with Gasteiger partial charge in [0.05, 0.1) is 17.3 Å². The molecule has 2 amide bonds. The van der Waals surface area contributed by atoms with E-state index in [0.717, 1.165) is 0 Å². The molecule has 1 aliphatic rings. The number of hydrogen-bond acceptors (Lipinski definition) is 4. The Morgan fingerprint density at radius 3 is 3.00 bits per heavy atom. The molecule has 1 fully saturated rings. The number of carbonyl (C=O) groups excluding carboxylic acids is 2. The summed E-state index contributed by atoms with van der Waals surface area (Å²) in [5.74, 6) is -0.259. The Kier molecular flexibility index (Phi) is 4.81. The highest BCUT2D eigenvalue weighted by Gasteiger charge is 2.19. The normalized spacial score (nSPS) is 15.2. The minimum Gasteiger partial charge on any atom is -0.397 e. The van der Waals surface area contributed by atoms with Gasteiger partial charge >= 0.3 is 0 Å². The maximum atomic E-state index is 11.8. The predicted molar refractivity (Wildman–Crippen MR) is 76.5 cm³/mol. The number of benzene rings is 1. The fourth-order valence-electron chi connectivity index (χ4n) is 1.87. The molecule has 0 unspecified atom stereocenters. The van der Waals surface area contributed by atoms with Crippen LogP contribution in [-0.2, 0) is 14.3 Å². The molecule has 1 saturated heterocycles. The van der Waals surface area contributed by atoms with E-state index in [9.17, 15) is 9.59 Å². The van der Waals surface area contributed by atoms with Crippen LogP contribution in [0.15, 0.2) is 18.2 Å². The second-order valence-corrected chi connectivity index (χ2v) is 4.88. The number of anilines is 2. The molecule has 20 heavy (non-hydrogen) atoms. The Bertz CT molecular complexity index is 522. The fourth-order valence-corrected chi connectivity index (χ4v) is 1.99. The quantitative estimate of drug-likeness (QED) is 0.815. The third-order valence-electron chi connectivity index (χ3n) is 2.97. The number of hydrogen-bond donors (Lipinski definition) is 2. The number of carbonyl (C=O) groups is 2. The lowest BCUT2D eigenvalue weighted by atomic mass is 10.2. The average Bonchev–Trinajstić information content (AvgIpc) is 2.42. The highest BCUT2D eigenvalue weighted by atomic mass is 35.5. The molecule has 0 spiro atoms. The van der Waals surface area contributed by atoms with Gasteiger partial charge in [-0.15, -0.1) is 0 Å². The van der Waals surface area contributed by atoms with E-state index in [1.807, 2.05) is 0 Å². The zero-order chi connectivity index (χ0) is 14.5. The molecule has 6 nitrogen and oxygen atoms in total. The number of ether oxygens (including phenoxy) is 1. The van der Waals surface area contributed by atoms with Crippen LogP contribution in [0.3, 0.4) is 0 Å². The van der Waals surface area contributed by atoms with Crippen LogP contribution in [0.1, 0.15) is 6.42 Å². The van der Waals surface area contributed by atoms with Crippen LogP contribution in [0.5, 0.6) is 0 Å². The van der Waals surface area contributed by atoms with Gasteiger partial charge in [-0.05, 0) is 18.2 Å². The Morgan fingerprint density at radius 2 is 2.30 bits per heavy atom. The highest BCUT2D eigenvalue weighted by Crippen LogP contribution is 2.22. The lowest BCUT2D eigenvalue weighted by molar-refractivity contribution is -0.142. The van der Waals surface area contributed by atoms with E-state index in [2.05, 4.69) is 5.32 Å². The minimum absolute atomic E-state index is 0.0835. The number of morpholine rings is 1. The van der Waals surface area contributed by atoms with Crippen molar-refractivity contribution in [2.24, 2.45) is 0 Å². The summed E-state index contributed by atoms with van der Waals surface area (Å²) in [5, 5.41) is 3.16. The van der Waals surface area contributed by atoms with Gasteiger partial charge in [0.25, 0.3) is 0 Å². The molecule has 3 N–H and O–H groups in total. The minimum atomic E-state index is -0.175. The monoisotopic (exact) mass is 297 g/mol. The summed E-state index contributed by atoms with van der Waals surface area (Å²) in [6.07, 6.45) is 0.230. The first-order chi connectivity index (χ1) is 9.56. The van der Waals surface area contributed by atoms with Crippen molar-refractivity contribution in [2.75, 3.05) is 37.4 Å². The van der Waals surface area contributed by atoms with Crippen LogP contribution in [0.4, 0.5) is 11.4 Å². The summed E-state index contributed by atoms with van der Waals surface area (Å²) in [7, 11) is 0. The third kappa shape index (κ3) is 3.85. The predicted octanol–water partition coefficient (Wildman–Crippen LogP) is 1.11. The second-order valence-electron chi connectivity index (χ2n) is 4.47. The third-order valence-corrected chi connectivity index (χ3v) is 3.32. The van der Waals surface area contributed by atoms with Crippen molar-refractivity contribution in [3.05, 3.63) is 23.2 Å². The Balaban J connectivity index is 1.83. The van der Waals surface area contributed by atoms with Crippen LogP contribution in [0.2, 0.25) is 5.02 Å². The van der Waals surface area contributed by atoms with Crippen molar-refractivity contribution < 1.29 is 14.3 Å². The van der Waals surface area contributed by atoms with Crippen molar-refractivity contribution in [1.29, 1.82) is 0 Å². The molecule has 0 saturated carbocycles. The molecule has 0 atom stereocenters. The fraction of sp³-hybridized carbons (Fsp3) is 0.385. The Morgan fingerprint density at radius 1 is 1.50 bits per heavy atom. The molecular weight excluding hydrogens is 282 g/mol. The molecule has 108 valence electrons. The number of nitrogen functional groups attached to an aromatic ring is 1. The Labute approximate surface area is 121 Å². The van der Waals surface area contributed by atoms with Gasteiger partial charge in [0, 0.05) is 25.2 Å². The molecule has 1 aromatic rings. The van der Waals surface area contributed by atoms with Gasteiger partial charge in [-0.25, -0.2) is 0 Å². The molecule has 7 heteroatoms. The van der Waals surface area contributed by atoms with Crippen LogP contribution in [0.25, 0.3) is 0 Å². The number of nitrogens with one attached hydrogen (secondary N) is 1. The van der Waals surface area contributed by atoms with Crippen molar-refractivity contribution in [2.45, 2.75) is 6.42 Å².